The molecule has 1 aliphatic carbocycles. The molecular weight excluding hydrogens is 343 g/mol. The lowest BCUT2D eigenvalue weighted by atomic mass is 9.86. The van der Waals surface area contributed by atoms with Crippen molar-refractivity contribution in [2.45, 2.75) is 31.7 Å². The molecule has 2 rings (SSSR count). The van der Waals surface area contributed by atoms with Crippen molar-refractivity contribution in [2.24, 2.45) is 11.7 Å². The van der Waals surface area contributed by atoms with Crippen LogP contribution in [0.5, 0.6) is 5.75 Å². The third-order valence-corrected chi connectivity index (χ3v) is 4.17. The number of likely N-dealkylation sites (N-methyl/N-ethyl adjacent to an activating group) is 1. The van der Waals surface area contributed by atoms with Crippen molar-refractivity contribution in [3.63, 3.8) is 0 Å². The van der Waals surface area contributed by atoms with Crippen LogP contribution in [-0.4, -0.2) is 37.7 Å². The summed E-state index contributed by atoms with van der Waals surface area (Å²) in [5.74, 6) is 1.58. The van der Waals surface area contributed by atoms with Gasteiger partial charge in [-0.25, -0.2) is 0 Å². The highest BCUT2D eigenvalue weighted by Crippen LogP contribution is 2.23. The number of hydrogen-bond donors (Lipinski definition) is 1. The summed E-state index contributed by atoms with van der Waals surface area (Å²) in [6, 6.07) is 7.95. The van der Waals surface area contributed by atoms with E-state index in [1.54, 1.807) is 0 Å². The lowest BCUT2D eigenvalue weighted by Gasteiger charge is -2.30. The predicted octanol–water partition coefficient (Wildman–Crippen LogP) is 4.01. The zero-order valence-electron chi connectivity index (χ0n) is 13.0. The molecule has 3 nitrogen and oxygen atoms in total. The predicted molar refractivity (Wildman–Crippen MR) is 98.9 cm³/mol. The van der Waals surface area contributed by atoms with E-state index in [0.29, 0.717) is 17.7 Å². The molecule has 0 aromatic heterocycles. The number of rotatable bonds is 6. The molecule has 1 saturated carbocycles. The normalized spacial score (nSPS) is 20.9. The van der Waals surface area contributed by atoms with Crippen LogP contribution in [0.2, 0.25) is 5.02 Å². The molecule has 0 amide bonds. The maximum atomic E-state index is 6.04. The Bertz CT molecular complexity index is 420. The molecule has 0 aliphatic heterocycles. The summed E-state index contributed by atoms with van der Waals surface area (Å²) in [7, 11) is 2.15. The number of nitrogens with two attached hydrogens (primary N) is 1. The lowest BCUT2D eigenvalue weighted by molar-refractivity contribution is 0.189. The zero-order chi connectivity index (χ0) is 14.4. The monoisotopic (exact) mass is 368 g/mol. The first-order chi connectivity index (χ1) is 9.63. The first-order valence-electron chi connectivity index (χ1n) is 7.46. The first-order valence-corrected chi connectivity index (χ1v) is 7.84. The summed E-state index contributed by atoms with van der Waals surface area (Å²) in [5.41, 5.74) is 6.04. The maximum Gasteiger partial charge on any atom is 0.120 e. The molecule has 0 heterocycles. The van der Waals surface area contributed by atoms with Gasteiger partial charge in [0.25, 0.3) is 0 Å². The molecule has 0 spiro atoms. The highest BCUT2D eigenvalue weighted by molar-refractivity contribution is 6.30. The summed E-state index contributed by atoms with van der Waals surface area (Å²) >= 11 is 5.93. The van der Waals surface area contributed by atoms with E-state index in [2.05, 4.69) is 11.9 Å². The fourth-order valence-electron chi connectivity index (χ4n) is 2.91. The molecule has 1 fully saturated rings. The highest BCUT2D eigenvalue weighted by Gasteiger charge is 2.20. The van der Waals surface area contributed by atoms with Crippen LogP contribution in [0.3, 0.4) is 0 Å². The van der Waals surface area contributed by atoms with E-state index in [9.17, 15) is 0 Å². The van der Waals surface area contributed by atoms with Crippen LogP contribution in [0, 0.1) is 5.92 Å². The van der Waals surface area contributed by atoms with Gasteiger partial charge in [-0.1, -0.05) is 24.1 Å². The van der Waals surface area contributed by atoms with E-state index >= 15 is 0 Å². The quantitative estimate of drug-likeness (QED) is 0.823. The Kier molecular flexibility index (Phi) is 11.3. The molecule has 2 atom stereocenters. The maximum absolute atomic E-state index is 6.04. The molecule has 1 aromatic rings. The van der Waals surface area contributed by atoms with Gasteiger partial charge in [-0.15, -0.1) is 24.8 Å². The molecule has 1 aromatic carbocycles. The van der Waals surface area contributed by atoms with Gasteiger partial charge in [0.2, 0.25) is 0 Å². The molecule has 0 radical (unpaired) electrons. The Morgan fingerprint density at radius 3 is 2.77 bits per heavy atom. The highest BCUT2D eigenvalue weighted by atomic mass is 35.5. The van der Waals surface area contributed by atoms with Crippen molar-refractivity contribution in [3.05, 3.63) is 29.3 Å². The van der Waals surface area contributed by atoms with E-state index in [-0.39, 0.29) is 24.8 Å². The van der Waals surface area contributed by atoms with Gasteiger partial charge in [0, 0.05) is 24.2 Å². The molecule has 0 unspecified atom stereocenters. The third kappa shape index (κ3) is 7.89. The smallest absolute Gasteiger partial charge is 0.120 e. The Morgan fingerprint density at radius 2 is 2.09 bits per heavy atom. The van der Waals surface area contributed by atoms with E-state index in [4.69, 9.17) is 22.1 Å². The average molecular weight is 370 g/mol. The number of ether oxygens (including phenoxy) is 1. The Morgan fingerprint density at radius 1 is 1.32 bits per heavy atom. The van der Waals surface area contributed by atoms with Crippen molar-refractivity contribution in [1.29, 1.82) is 0 Å². The molecule has 0 bridgehead atoms. The Balaban J connectivity index is 0.00000220. The van der Waals surface area contributed by atoms with Crippen molar-refractivity contribution >= 4 is 36.4 Å². The lowest BCUT2D eigenvalue weighted by Crippen LogP contribution is -2.35. The van der Waals surface area contributed by atoms with Gasteiger partial charge in [0.1, 0.15) is 12.4 Å². The van der Waals surface area contributed by atoms with E-state index < -0.39 is 0 Å². The molecule has 1 aliphatic rings. The molecule has 6 heteroatoms. The molecular formula is C16H27Cl3N2O. The second-order valence-electron chi connectivity index (χ2n) is 5.86. The van der Waals surface area contributed by atoms with Gasteiger partial charge in [0.15, 0.2) is 0 Å². The summed E-state index contributed by atoms with van der Waals surface area (Å²) < 4.78 is 5.72. The van der Waals surface area contributed by atoms with Crippen LogP contribution >= 0.6 is 36.4 Å². The summed E-state index contributed by atoms with van der Waals surface area (Å²) in [6.07, 6.45) is 4.95. The van der Waals surface area contributed by atoms with Crippen LogP contribution in [0.4, 0.5) is 0 Å². The van der Waals surface area contributed by atoms with Crippen molar-refractivity contribution < 1.29 is 4.74 Å². The van der Waals surface area contributed by atoms with E-state index in [0.717, 1.165) is 24.8 Å². The molecule has 128 valence electrons. The van der Waals surface area contributed by atoms with Crippen LogP contribution in [-0.2, 0) is 0 Å². The number of benzene rings is 1. The van der Waals surface area contributed by atoms with Crippen molar-refractivity contribution in [1.82, 2.24) is 4.90 Å². The summed E-state index contributed by atoms with van der Waals surface area (Å²) in [4.78, 5) is 2.34. The van der Waals surface area contributed by atoms with Gasteiger partial charge in [-0.05, 0) is 50.4 Å². The zero-order valence-corrected chi connectivity index (χ0v) is 15.4. The third-order valence-electron chi connectivity index (χ3n) is 3.93. The van der Waals surface area contributed by atoms with E-state index in [1.807, 2.05) is 24.3 Å². The van der Waals surface area contributed by atoms with Gasteiger partial charge in [-0.2, -0.15) is 0 Å². The van der Waals surface area contributed by atoms with Gasteiger partial charge < -0.3 is 15.4 Å². The SMILES string of the molecule is CN(CCOc1cccc(Cl)c1)C[C@@H]1CCC[C@H](N)C1.Cl.Cl. The molecule has 2 N–H and O–H groups in total. The Hall–Kier alpha value is -0.190. The van der Waals surface area contributed by atoms with Crippen LogP contribution in [0.1, 0.15) is 25.7 Å². The minimum absolute atomic E-state index is 0. The van der Waals surface area contributed by atoms with Crippen LogP contribution in [0.25, 0.3) is 0 Å². The minimum atomic E-state index is 0. The van der Waals surface area contributed by atoms with Crippen molar-refractivity contribution in [3.8, 4) is 5.75 Å². The molecule has 0 saturated heterocycles. The first kappa shape index (κ1) is 21.8. The van der Waals surface area contributed by atoms with Gasteiger partial charge in [-0.3, -0.25) is 0 Å². The standard InChI is InChI=1S/C16H25ClN2O.2ClH/c1-19(12-13-4-2-6-15(18)10-13)8-9-20-16-7-3-5-14(17)11-16;;/h3,5,7,11,13,15H,2,4,6,8-10,12,18H2,1H3;2*1H/t13-,15+;;/m1../s1. The Labute approximate surface area is 151 Å². The van der Waals surface area contributed by atoms with Gasteiger partial charge >= 0.3 is 0 Å². The van der Waals surface area contributed by atoms with Crippen LogP contribution in [0.15, 0.2) is 24.3 Å². The number of hydrogen-bond acceptors (Lipinski definition) is 3. The number of halogens is 3. The molecule has 22 heavy (non-hydrogen) atoms. The van der Waals surface area contributed by atoms with Crippen molar-refractivity contribution in [2.75, 3.05) is 26.7 Å². The van der Waals surface area contributed by atoms with Crippen LogP contribution < -0.4 is 10.5 Å². The second-order valence-corrected chi connectivity index (χ2v) is 6.30. The number of nitrogens with zero attached hydrogens (tertiary/aromatic N) is 1. The van der Waals surface area contributed by atoms with E-state index in [1.165, 1.54) is 25.7 Å². The second kappa shape index (κ2) is 11.4. The minimum Gasteiger partial charge on any atom is -0.492 e. The fourth-order valence-corrected chi connectivity index (χ4v) is 3.09. The fraction of sp³-hybridized carbons (Fsp3) is 0.625. The average Bonchev–Trinajstić information content (AvgIpc) is 2.38. The topological polar surface area (TPSA) is 38.5 Å². The largest absolute Gasteiger partial charge is 0.492 e. The van der Waals surface area contributed by atoms with Gasteiger partial charge in [0.05, 0.1) is 0 Å². The summed E-state index contributed by atoms with van der Waals surface area (Å²) in [5, 5.41) is 0.715. The summed E-state index contributed by atoms with van der Waals surface area (Å²) in [6.45, 7) is 2.74.